The lowest BCUT2D eigenvalue weighted by Gasteiger charge is -2.42. The molecule has 0 unspecified atom stereocenters. The van der Waals surface area contributed by atoms with Crippen molar-refractivity contribution in [1.29, 1.82) is 0 Å². The lowest BCUT2D eigenvalue weighted by atomic mass is 9.85. The summed E-state index contributed by atoms with van der Waals surface area (Å²) in [4.78, 5) is 26.8. The first-order valence-corrected chi connectivity index (χ1v) is 9.01. The van der Waals surface area contributed by atoms with Crippen molar-refractivity contribution in [2.75, 3.05) is 27.2 Å². The molecular weight excluding hydrogens is 358 g/mol. The Bertz CT molecular complexity index is 649. The molecule has 7 nitrogen and oxygen atoms in total. The number of carbonyl (C=O) groups excluding carboxylic acids is 1. The quantitative estimate of drug-likeness (QED) is 0.720. The first-order valence-electron chi connectivity index (χ1n) is 8.63. The van der Waals surface area contributed by atoms with Gasteiger partial charge in [0.25, 0.3) is 0 Å². The van der Waals surface area contributed by atoms with Gasteiger partial charge in [-0.15, -0.1) is 0 Å². The number of carboxylic acids is 1. The maximum atomic E-state index is 12.4. The van der Waals surface area contributed by atoms with Gasteiger partial charge >= 0.3 is 12.0 Å². The summed E-state index contributed by atoms with van der Waals surface area (Å²) in [5, 5.41) is 12.5. The molecule has 2 N–H and O–H groups in total. The predicted octanol–water partition coefficient (Wildman–Crippen LogP) is 2.43. The number of halogens is 1. The lowest BCUT2D eigenvalue weighted by molar-refractivity contribution is -0.139. The van der Waals surface area contributed by atoms with Crippen LogP contribution >= 0.6 is 11.6 Å². The van der Waals surface area contributed by atoms with Crippen molar-refractivity contribution in [3.63, 3.8) is 0 Å². The second-order valence-electron chi connectivity index (χ2n) is 6.54. The van der Waals surface area contributed by atoms with Gasteiger partial charge in [0.2, 0.25) is 0 Å². The van der Waals surface area contributed by atoms with Gasteiger partial charge in [-0.2, -0.15) is 0 Å². The number of nitrogens with one attached hydrogen (secondary N) is 1. The maximum absolute atomic E-state index is 12.4. The van der Waals surface area contributed by atoms with E-state index in [4.69, 9.17) is 21.4 Å². The summed E-state index contributed by atoms with van der Waals surface area (Å²) in [6.07, 6.45) is 1.53. The van der Waals surface area contributed by atoms with E-state index in [2.05, 4.69) is 5.32 Å². The van der Waals surface area contributed by atoms with Crippen molar-refractivity contribution in [3.8, 4) is 5.75 Å². The van der Waals surface area contributed by atoms with Crippen LogP contribution in [0.2, 0.25) is 5.02 Å². The average Bonchev–Trinajstić information content (AvgIpc) is 2.55. The number of carboxylic acid groups (broad SMARTS) is 1. The van der Waals surface area contributed by atoms with Gasteiger partial charge in [-0.05, 0) is 37.6 Å². The minimum atomic E-state index is -0.825. The lowest BCUT2D eigenvalue weighted by Crippen LogP contribution is -2.56. The first kappa shape index (κ1) is 20.3. The van der Waals surface area contributed by atoms with E-state index in [1.165, 1.54) is 0 Å². The number of rotatable bonds is 8. The number of carbonyl (C=O) groups is 2. The molecule has 1 fully saturated rings. The van der Waals surface area contributed by atoms with Gasteiger partial charge in [0, 0.05) is 29.7 Å². The molecule has 0 spiro atoms. The highest BCUT2D eigenvalue weighted by Crippen LogP contribution is 2.26. The molecule has 1 aromatic rings. The summed E-state index contributed by atoms with van der Waals surface area (Å²) in [6, 6.07) is 5.42. The molecule has 0 atom stereocenters. The number of aliphatic carboxylic acids is 1. The summed E-state index contributed by atoms with van der Waals surface area (Å²) in [5.41, 5.74) is 0.836. The third-order valence-electron chi connectivity index (χ3n) is 4.70. The van der Waals surface area contributed by atoms with Crippen molar-refractivity contribution in [2.24, 2.45) is 0 Å². The number of amides is 2. The second kappa shape index (κ2) is 9.09. The Morgan fingerprint density at radius 1 is 1.38 bits per heavy atom. The van der Waals surface area contributed by atoms with Gasteiger partial charge in [0.15, 0.2) is 0 Å². The summed E-state index contributed by atoms with van der Waals surface area (Å²) in [7, 11) is 3.30. The number of urea groups is 1. The zero-order valence-corrected chi connectivity index (χ0v) is 16.1. The van der Waals surface area contributed by atoms with Gasteiger partial charge in [-0.1, -0.05) is 18.5 Å². The number of hydrogen-bond donors (Lipinski definition) is 2. The van der Waals surface area contributed by atoms with Gasteiger partial charge in [-0.3, -0.25) is 9.69 Å². The fraction of sp³-hybridized carbons (Fsp3) is 0.556. The molecule has 0 bridgehead atoms. The van der Waals surface area contributed by atoms with Crippen molar-refractivity contribution < 1.29 is 19.4 Å². The van der Waals surface area contributed by atoms with E-state index in [9.17, 15) is 9.59 Å². The molecule has 1 aromatic carbocycles. The van der Waals surface area contributed by atoms with Crippen LogP contribution in [0.5, 0.6) is 5.75 Å². The smallest absolute Gasteiger partial charge is 0.317 e. The van der Waals surface area contributed by atoms with Crippen molar-refractivity contribution >= 4 is 23.6 Å². The Balaban J connectivity index is 1.84. The Kier molecular flexibility index (Phi) is 7.11. The molecular formula is C18H26ClN3O4. The molecule has 1 aliphatic carbocycles. The van der Waals surface area contributed by atoms with Crippen LogP contribution in [0.1, 0.15) is 25.3 Å². The van der Waals surface area contributed by atoms with E-state index in [0.717, 1.165) is 18.4 Å². The predicted molar refractivity (Wildman–Crippen MR) is 99.7 cm³/mol. The van der Waals surface area contributed by atoms with E-state index in [-0.39, 0.29) is 24.7 Å². The number of benzene rings is 1. The van der Waals surface area contributed by atoms with Crippen LogP contribution < -0.4 is 10.1 Å². The van der Waals surface area contributed by atoms with Gasteiger partial charge in [0.1, 0.15) is 5.75 Å². The summed E-state index contributed by atoms with van der Waals surface area (Å²) < 4.78 is 5.31. The van der Waals surface area contributed by atoms with E-state index in [0.29, 0.717) is 23.9 Å². The van der Waals surface area contributed by atoms with E-state index < -0.39 is 5.97 Å². The normalized spacial score (nSPS) is 19.0. The zero-order chi connectivity index (χ0) is 19.3. The first-order chi connectivity index (χ1) is 12.3. The Hall–Kier alpha value is -1.99. The Labute approximate surface area is 158 Å². The molecule has 144 valence electrons. The molecule has 0 aliphatic heterocycles. The third kappa shape index (κ3) is 5.25. The second-order valence-corrected chi connectivity index (χ2v) is 6.98. The zero-order valence-electron chi connectivity index (χ0n) is 15.4. The SMILES string of the molecule is CCN(CC(=O)O)C1CC(NC(=O)N(C)Cc2cc(Cl)ccc2OC)C1. The molecule has 0 saturated heterocycles. The summed E-state index contributed by atoms with van der Waals surface area (Å²) in [6.45, 7) is 3.05. The van der Waals surface area contributed by atoms with Crippen molar-refractivity contribution in [2.45, 2.75) is 38.4 Å². The fourth-order valence-corrected chi connectivity index (χ4v) is 3.35. The van der Waals surface area contributed by atoms with Crippen LogP contribution in [-0.4, -0.2) is 66.2 Å². The van der Waals surface area contributed by atoms with E-state index in [1.807, 2.05) is 11.8 Å². The average molecular weight is 384 g/mol. The molecule has 1 saturated carbocycles. The van der Waals surface area contributed by atoms with Crippen LogP contribution in [0.25, 0.3) is 0 Å². The highest BCUT2D eigenvalue weighted by Gasteiger charge is 2.35. The molecule has 0 radical (unpaired) electrons. The largest absolute Gasteiger partial charge is 0.496 e. The molecule has 2 amide bonds. The van der Waals surface area contributed by atoms with Crippen LogP contribution in [0, 0.1) is 0 Å². The molecule has 0 heterocycles. The highest BCUT2D eigenvalue weighted by molar-refractivity contribution is 6.30. The van der Waals surface area contributed by atoms with Crippen LogP contribution in [-0.2, 0) is 11.3 Å². The molecule has 0 aromatic heterocycles. The fourth-order valence-electron chi connectivity index (χ4n) is 3.16. The molecule has 26 heavy (non-hydrogen) atoms. The Morgan fingerprint density at radius 3 is 2.65 bits per heavy atom. The standard InChI is InChI=1S/C18H26ClN3O4/c1-4-22(11-17(23)24)15-8-14(9-15)20-18(25)21(2)10-12-7-13(19)5-6-16(12)26-3/h5-7,14-15H,4,8-11H2,1-3H3,(H,20,25)(H,23,24). The molecule has 8 heteroatoms. The van der Waals surface area contributed by atoms with Gasteiger partial charge in [-0.25, -0.2) is 4.79 Å². The van der Waals surface area contributed by atoms with E-state index in [1.54, 1.807) is 37.3 Å². The third-order valence-corrected chi connectivity index (χ3v) is 4.93. The number of nitrogens with zero attached hydrogens (tertiary/aromatic N) is 2. The van der Waals surface area contributed by atoms with E-state index >= 15 is 0 Å². The van der Waals surface area contributed by atoms with Crippen LogP contribution in [0.15, 0.2) is 18.2 Å². The summed E-state index contributed by atoms with van der Waals surface area (Å²) in [5.74, 6) is -0.139. The molecule has 2 rings (SSSR count). The maximum Gasteiger partial charge on any atom is 0.317 e. The summed E-state index contributed by atoms with van der Waals surface area (Å²) >= 11 is 6.03. The number of likely N-dealkylation sites (N-methyl/N-ethyl adjacent to an activating group) is 1. The van der Waals surface area contributed by atoms with Crippen LogP contribution in [0.3, 0.4) is 0 Å². The Morgan fingerprint density at radius 2 is 2.08 bits per heavy atom. The van der Waals surface area contributed by atoms with Crippen molar-refractivity contribution in [1.82, 2.24) is 15.1 Å². The number of ether oxygens (including phenoxy) is 1. The van der Waals surface area contributed by atoms with Crippen LogP contribution in [0.4, 0.5) is 4.79 Å². The van der Waals surface area contributed by atoms with Gasteiger partial charge < -0.3 is 20.1 Å². The van der Waals surface area contributed by atoms with Gasteiger partial charge in [0.05, 0.1) is 20.2 Å². The number of hydrogen-bond acceptors (Lipinski definition) is 4. The topological polar surface area (TPSA) is 82.1 Å². The monoisotopic (exact) mass is 383 g/mol. The highest BCUT2D eigenvalue weighted by atomic mass is 35.5. The minimum Gasteiger partial charge on any atom is -0.496 e. The molecule has 1 aliphatic rings. The number of methoxy groups -OCH3 is 1. The minimum absolute atomic E-state index is 0.0380. The van der Waals surface area contributed by atoms with Crippen molar-refractivity contribution in [3.05, 3.63) is 28.8 Å².